The van der Waals surface area contributed by atoms with Crippen LogP contribution in [0.15, 0.2) is 194 Å². The molecule has 0 atom stereocenters. The molecule has 11 aromatic rings. The lowest BCUT2D eigenvalue weighted by Gasteiger charge is -2.28. The van der Waals surface area contributed by atoms with Crippen LogP contribution in [0.2, 0.25) is 0 Å². The highest BCUT2D eigenvalue weighted by molar-refractivity contribution is 7.26. The highest BCUT2D eigenvalue weighted by Crippen LogP contribution is 2.46. The molecule has 0 aliphatic carbocycles. The van der Waals surface area contributed by atoms with Gasteiger partial charge >= 0.3 is 0 Å². The zero-order valence-electron chi connectivity index (χ0n) is 28.8. The van der Waals surface area contributed by atoms with Crippen molar-refractivity contribution in [3.8, 4) is 16.8 Å². The number of nitrogens with zero attached hydrogens (tertiary/aromatic N) is 2. The summed E-state index contributed by atoms with van der Waals surface area (Å²) in [5.74, 6) is 0. The lowest BCUT2D eigenvalue weighted by atomic mass is 9.96. The summed E-state index contributed by atoms with van der Waals surface area (Å²) in [6, 6.07) is 70.9. The van der Waals surface area contributed by atoms with E-state index in [4.69, 9.17) is 0 Å². The molecule has 0 saturated heterocycles. The molecule has 0 amide bonds. The molecular weight excluding hydrogens is 661 g/mol. The number of benzene rings is 9. The number of thiophene rings is 1. The van der Waals surface area contributed by atoms with Crippen molar-refractivity contribution >= 4 is 91.9 Å². The van der Waals surface area contributed by atoms with Crippen LogP contribution in [0.3, 0.4) is 0 Å². The summed E-state index contributed by atoms with van der Waals surface area (Å²) in [6.45, 7) is 0. The molecular formula is C50H32N2S. The Balaban J connectivity index is 1.18. The smallest absolute Gasteiger partial charge is 0.0542 e. The van der Waals surface area contributed by atoms with Crippen LogP contribution in [-0.2, 0) is 0 Å². The van der Waals surface area contributed by atoms with Crippen LogP contribution in [0.25, 0.3) is 80.3 Å². The molecule has 0 saturated carbocycles. The second kappa shape index (κ2) is 11.9. The summed E-state index contributed by atoms with van der Waals surface area (Å²) in [5, 5.41) is 10.1. The Labute approximate surface area is 311 Å². The summed E-state index contributed by atoms with van der Waals surface area (Å²) in [4.78, 5) is 2.47. The highest BCUT2D eigenvalue weighted by atomic mass is 32.1. The minimum absolute atomic E-state index is 1.12. The molecule has 0 aliphatic rings. The molecule has 2 nitrogen and oxygen atoms in total. The first kappa shape index (κ1) is 30.0. The number of fused-ring (bicyclic) bond motifs is 9. The topological polar surface area (TPSA) is 8.17 Å². The monoisotopic (exact) mass is 692 g/mol. The summed E-state index contributed by atoms with van der Waals surface area (Å²) in [6.07, 6.45) is 0. The third kappa shape index (κ3) is 4.71. The Hall–Kier alpha value is -6.68. The lowest BCUT2D eigenvalue weighted by molar-refractivity contribution is 1.18. The van der Waals surface area contributed by atoms with E-state index in [1.165, 1.54) is 74.6 Å². The van der Waals surface area contributed by atoms with E-state index in [-0.39, 0.29) is 0 Å². The van der Waals surface area contributed by atoms with Crippen molar-refractivity contribution in [1.29, 1.82) is 0 Å². The number of anilines is 3. The number of hydrogen-bond acceptors (Lipinski definition) is 2. The highest BCUT2D eigenvalue weighted by Gasteiger charge is 2.21. The van der Waals surface area contributed by atoms with Gasteiger partial charge in [-0.25, -0.2) is 0 Å². The first-order chi connectivity index (χ1) is 26.3. The van der Waals surface area contributed by atoms with Gasteiger partial charge in [-0.1, -0.05) is 133 Å². The van der Waals surface area contributed by atoms with Crippen molar-refractivity contribution in [2.75, 3.05) is 4.90 Å². The zero-order valence-corrected chi connectivity index (χ0v) is 29.6. The van der Waals surface area contributed by atoms with Crippen molar-refractivity contribution in [2.45, 2.75) is 0 Å². The van der Waals surface area contributed by atoms with Crippen molar-refractivity contribution < 1.29 is 0 Å². The predicted octanol–water partition coefficient (Wildman–Crippen LogP) is 14.6. The Bertz CT molecular complexity index is 3170. The average molecular weight is 693 g/mol. The van der Waals surface area contributed by atoms with E-state index >= 15 is 0 Å². The van der Waals surface area contributed by atoms with E-state index in [0.29, 0.717) is 0 Å². The number of aromatic nitrogens is 1. The van der Waals surface area contributed by atoms with Crippen molar-refractivity contribution in [2.24, 2.45) is 0 Å². The Morgan fingerprint density at radius 1 is 0.396 bits per heavy atom. The quantitative estimate of drug-likeness (QED) is 0.174. The molecule has 3 heteroatoms. The van der Waals surface area contributed by atoms with Crippen molar-refractivity contribution in [3.63, 3.8) is 0 Å². The molecule has 0 bridgehead atoms. The molecule has 0 aliphatic heterocycles. The number of hydrogen-bond donors (Lipinski definition) is 0. The number of rotatable bonds is 5. The van der Waals surface area contributed by atoms with Gasteiger partial charge in [0, 0.05) is 53.4 Å². The fourth-order valence-electron chi connectivity index (χ4n) is 8.40. The molecule has 9 aromatic carbocycles. The predicted molar refractivity (Wildman–Crippen MR) is 229 cm³/mol. The third-order valence-corrected chi connectivity index (χ3v) is 11.9. The second-order valence-corrected chi connectivity index (χ2v) is 14.8. The molecule has 248 valence electrons. The Morgan fingerprint density at radius 2 is 1.06 bits per heavy atom. The summed E-state index contributed by atoms with van der Waals surface area (Å²) in [5.41, 5.74) is 9.42. The van der Waals surface area contributed by atoms with Crippen molar-refractivity contribution in [3.05, 3.63) is 194 Å². The summed E-state index contributed by atoms with van der Waals surface area (Å²) in [7, 11) is 0. The van der Waals surface area contributed by atoms with E-state index in [1.54, 1.807) is 0 Å². The van der Waals surface area contributed by atoms with Gasteiger partial charge in [0.15, 0.2) is 0 Å². The molecule has 0 N–H and O–H groups in total. The molecule has 0 fully saturated rings. The molecule has 53 heavy (non-hydrogen) atoms. The zero-order chi connectivity index (χ0) is 34.9. The van der Waals surface area contributed by atoms with Gasteiger partial charge in [0.2, 0.25) is 0 Å². The van der Waals surface area contributed by atoms with Gasteiger partial charge in [-0.05, 0) is 87.9 Å². The molecule has 0 radical (unpaired) electrons. The first-order valence-corrected chi connectivity index (χ1v) is 18.9. The van der Waals surface area contributed by atoms with Crippen LogP contribution in [0, 0.1) is 0 Å². The van der Waals surface area contributed by atoms with E-state index in [1.807, 2.05) is 11.3 Å². The van der Waals surface area contributed by atoms with Gasteiger partial charge in [-0.3, -0.25) is 0 Å². The Kier molecular flexibility index (Phi) is 6.76. The minimum atomic E-state index is 1.12. The van der Waals surface area contributed by atoms with E-state index in [2.05, 4.69) is 204 Å². The number of para-hydroxylation sites is 2. The van der Waals surface area contributed by atoms with E-state index in [9.17, 15) is 0 Å². The molecule has 0 unspecified atom stereocenters. The third-order valence-electron chi connectivity index (χ3n) is 10.8. The minimum Gasteiger partial charge on any atom is -0.310 e. The van der Waals surface area contributed by atoms with E-state index < -0.39 is 0 Å². The van der Waals surface area contributed by atoms with Crippen molar-refractivity contribution in [1.82, 2.24) is 4.57 Å². The van der Waals surface area contributed by atoms with Gasteiger partial charge in [-0.2, -0.15) is 0 Å². The van der Waals surface area contributed by atoms with Crippen LogP contribution in [0.4, 0.5) is 17.1 Å². The maximum atomic E-state index is 2.47. The van der Waals surface area contributed by atoms with Gasteiger partial charge < -0.3 is 9.47 Å². The Morgan fingerprint density at radius 3 is 1.91 bits per heavy atom. The van der Waals surface area contributed by atoms with Gasteiger partial charge in [-0.15, -0.1) is 11.3 Å². The van der Waals surface area contributed by atoms with Crippen LogP contribution < -0.4 is 4.90 Å². The summed E-state index contributed by atoms with van der Waals surface area (Å²) >= 11 is 1.88. The van der Waals surface area contributed by atoms with Crippen LogP contribution >= 0.6 is 11.3 Å². The fourth-order valence-corrected chi connectivity index (χ4v) is 9.56. The summed E-state index contributed by atoms with van der Waals surface area (Å²) < 4.78 is 4.98. The van der Waals surface area contributed by atoms with Gasteiger partial charge in [0.25, 0.3) is 0 Å². The molecule has 2 aromatic heterocycles. The molecule has 0 spiro atoms. The normalized spacial score (nSPS) is 11.8. The average Bonchev–Trinajstić information content (AvgIpc) is 3.77. The van der Waals surface area contributed by atoms with Gasteiger partial charge in [0.1, 0.15) is 0 Å². The lowest BCUT2D eigenvalue weighted by Crippen LogP contribution is -2.10. The molecule has 11 rings (SSSR count). The maximum Gasteiger partial charge on any atom is 0.0542 e. The fraction of sp³-hybridized carbons (Fsp3) is 0. The van der Waals surface area contributed by atoms with Gasteiger partial charge in [0.05, 0.1) is 16.7 Å². The SMILES string of the molecule is c1ccc(-c2ccc(N(c3ccc4c(c3)sc3ccc5ccccc5c34)c3ccc4c(c3)c3ccccc3n4-c3ccccc3)c3ccccc23)cc1. The van der Waals surface area contributed by atoms with E-state index in [0.717, 1.165) is 22.7 Å². The first-order valence-electron chi connectivity index (χ1n) is 18.1. The van der Waals surface area contributed by atoms with Crippen LogP contribution in [-0.4, -0.2) is 4.57 Å². The van der Waals surface area contributed by atoms with Crippen LogP contribution in [0.1, 0.15) is 0 Å². The van der Waals surface area contributed by atoms with Crippen LogP contribution in [0.5, 0.6) is 0 Å². The largest absolute Gasteiger partial charge is 0.310 e. The second-order valence-electron chi connectivity index (χ2n) is 13.7. The standard InChI is InChI=1S/C50H32N2S/c1-3-13-33(14-4-1)38-27-29-46(41-20-10-9-19-40(38)41)51(37-24-26-43-49(32-37)53-48-30-23-34-15-7-8-18-39(34)50(43)48)36-25-28-47-44(31-36)42-21-11-12-22-45(42)52(47)35-16-5-2-6-17-35/h1-32H. The maximum absolute atomic E-state index is 2.47. The molecule has 2 heterocycles.